The Morgan fingerprint density at radius 1 is 1.16 bits per heavy atom. The highest BCUT2D eigenvalue weighted by Gasteiger charge is 2.20. The third-order valence-corrected chi connectivity index (χ3v) is 7.23. The highest BCUT2D eigenvalue weighted by Crippen LogP contribution is 2.29. The molecule has 0 saturated carbocycles. The van der Waals surface area contributed by atoms with Gasteiger partial charge in [0.1, 0.15) is 5.82 Å². The van der Waals surface area contributed by atoms with Crippen LogP contribution < -0.4 is 4.90 Å². The van der Waals surface area contributed by atoms with E-state index in [1.807, 2.05) is 48.9 Å². The molecule has 4 rings (SSSR count). The lowest BCUT2D eigenvalue weighted by Crippen LogP contribution is -2.34. The van der Waals surface area contributed by atoms with Gasteiger partial charge in [-0.25, -0.2) is 9.37 Å². The number of rotatable bonds is 9. The van der Waals surface area contributed by atoms with E-state index in [4.69, 9.17) is 4.98 Å². The molecule has 0 aliphatic heterocycles. The zero-order valence-electron chi connectivity index (χ0n) is 18.1. The van der Waals surface area contributed by atoms with Gasteiger partial charge in [-0.05, 0) is 68.5 Å². The summed E-state index contributed by atoms with van der Waals surface area (Å²) in [5.41, 5.74) is 2.95. The zero-order valence-corrected chi connectivity index (χ0v) is 19.8. The number of thiazole rings is 1. The molecule has 0 aliphatic rings. The van der Waals surface area contributed by atoms with E-state index in [1.165, 1.54) is 23.5 Å². The predicted octanol–water partition coefficient (Wildman–Crippen LogP) is 5.85. The van der Waals surface area contributed by atoms with Crippen LogP contribution in [-0.2, 0) is 11.3 Å². The number of carbonyl (C=O) groups is 1. The molecule has 0 fully saturated rings. The highest BCUT2D eigenvalue weighted by molar-refractivity contribution is 7.99. The van der Waals surface area contributed by atoms with E-state index < -0.39 is 0 Å². The maximum atomic E-state index is 13.2. The van der Waals surface area contributed by atoms with Gasteiger partial charge in [0, 0.05) is 23.6 Å². The molecule has 0 atom stereocenters. The van der Waals surface area contributed by atoms with Gasteiger partial charge < -0.3 is 0 Å². The number of aromatic nitrogens is 3. The Balaban J connectivity index is 1.43. The lowest BCUT2D eigenvalue weighted by Gasteiger charge is -2.20. The topological polar surface area (TPSA) is 51.0 Å². The van der Waals surface area contributed by atoms with Crippen molar-refractivity contribution in [2.24, 2.45) is 0 Å². The first kappa shape index (κ1) is 22.5. The second-order valence-corrected chi connectivity index (χ2v) is 9.74. The SMILES string of the molecule is Cc1cc(C)n(CCN(C(=O)CCCSc2ccc(F)cc2)c2nc3ccccc3s2)n1. The molecular formula is C24H25FN4OS2. The number of aryl methyl sites for hydroxylation is 2. The van der Waals surface area contributed by atoms with Crippen LogP contribution in [0, 0.1) is 19.7 Å². The van der Waals surface area contributed by atoms with Gasteiger partial charge in [0.2, 0.25) is 5.91 Å². The van der Waals surface area contributed by atoms with Crippen molar-refractivity contribution in [1.82, 2.24) is 14.8 Å². The number of nitrogens with zero attached hydrogens (tertiary/aromatic N) is 4. The van der Waals surface area contributed by atoms with Gasteiger partial charge >= 0.3 is 0 Å². The number of fused-ring (bicyclic) bond motifs is 1. The van der Waals surface area contributed by atoms with Crippen molar-refractivity contribution in [3.63, 3.8) is 0 Å². The summed E-state index contributed by atoms with van der Waals surface area (Å²) in [4.78, 5) is 20.7. The number of halogens is 1. The standard InChI is InChI=1S/C24H25FN4OS2/c1-17-16-18(2)29(27-17)14-13-28(24-26-21-6-3-4-7-22(21)32-24)23(30)8-5-15-31-20-11-9-19(25)10-12-20/h3-4,6-7,9-12,16H,5,8,13-15H2,1-2H3. The van der Waals surface area contributed by atoms with Gasteiger partial charge in [0.05, 0.1) is 22.5 Å². The van der Waals surface area contributed by atoms with Crippen LogP contribution in [0.5, 0.6) is 0 Å². The molecule has 0 N–H and O–H groups in total. The molecule has 0 saturated heterocycles. The minimum absolute atomic E-state index is 0.0605. The monoisotopic (exact) mass is 468 g/mol. The number of hydrogen-bond donors (Lipinski definition) is 0. The molecule has 5 nitrogen and oxygen atoms in total. The van der Waals surface area contributed by atoms with E-state index >= 15 is 0 Å². The van der Waals surface area contributed by atoms with Gasteiger partial charge in [-0.2, -0.15) is 5.10 Å². The molecule has 0 unspecified atom stereocenters. The fourth-order valence-electron chi connectivity index (χ4n) is 3.48. The third-order valence-electron chi connectivity index (χ3n) is 5.07. The number of anilines is 1. The molecule has 2 aromatic carbocycles. The van der Waals surface area contributed by atoms with Gasteiger partial charge in [0.25, 0.3) is 0 Å². The van der Waals surface area contributed by atoms with Crippen LogP contribution in [0.15, 0.2) is 59.5 Å². The van der Waals surface area contributed by atoms with Crippen molar-refractivity contribution < 1.29 is 9.18 Å². The van der Waals surface area contributed by atoms with Crippen molar-refractivity contribution in [3.8, 4) is 0 Å². The molecular weight excluding hydrogens is 443 g/mol. The van der Waals surface area contributed by atoms with Crippen LogP contribution >= 0.6 is 23.1 Å². The highest BCUT2D eigenvalue weighted by atomic mass is 32.2. The Labute approximate surface area is 195 Å². The smallest absolute Gasteiger partial charge is 0.228 e. The van der Waals surface area contributed by atoms with Crippen molar-refractivity contribution in [2.75, 3.05) is 17.2 Å². The summed E-state index contributed by atoms with van der Waals surface area (Å²) < 4.78 is 16.1. The van der Waals surface area contributed by atoms with Crippen molar-refractivity contribution in [3.05, 3.63) is 71.8 Å². The maximum Gasteiger partial charge on any atom is 0.228 e. The fraction of sp³-hybridized carbons (Fsp3) is 0.292. The molecule has 2 aromatic heterocycles. The molecule has 8 heteroatoms. The molecule has 0 aliphatic carbocycles. The Kier molecular flexibility index (Phi) is 7.22. The number of benzene rings is 2. The molecule has 32 heavy (non-hydrogen) atoms. The lowest BCUT2D eigenvalue weighted by molar-refractivity contribution is -0.118. The predicted molar refractivity (Wildman–Crippen MR) is 130 cm³/mol. The van der Waals surface area contributed by atoms with Gasteiger partial charge in [-0.15, -0.1) is 11.8 Å². The van der Waals surface area contributed by atoms with Gasteiger partial charge in [0.15, 0.2) is 5.13 Å². The van der Waals surface area contributed by atoms with Crippen LogP contribution in [0.2, 0.25) is 0 Å². The maximum absolute atomic E-state index is 13.2. The minimum Gasteiger partial charge on any atom is -0.286 e. The summed E-state index contributed by atoms with van der Waals surface area (Å²) in [6.07, 6.45) is 1.17. The molecule has 166 valence electrons. The Morgan fingerprint density at radius 3 is 2.66 bits per heavy atom. The second kappa shape index (κ2) is 10.3. The van der Waals surface area contributed by atoms with E-state index in [9.17, 15) is 9.18 Å². The zero-order chi connectivity index (χ0) is 22.5. The van der Waals surface area contributed by atoms with E-state index in [1.54, 1.807) is 28.8 Å². The fourth-order valence-corrected chi connectivity index (χ4v) is 5.34. The molecule has 2 heterocycles. The molecule has 4 aromatic rings. The Hall–Kier alpha value is -2.71. The Bertz CT molecular complexity index is 1170. The average molecular weight is 469 g/mol. The lowest BCUT2D eigenvalue weighted by atomic mass is 10.3. The van der Waals surface area contributed by atoms with Crippen LogP contribution in [0.1, 0.15) is 24.2 Å². The van der Waals surface area contributed by atoms with E-state index in [2.05, 4.69) is 5.10 Å². The van der Waals surface area contributed by atoms with Crippen LogP contribution in [0.3, 0.4) is 0 Å². The first-order valence-corrected chi connectivity index (χ1v) is 12.3. The van der Waals surface area contributed by atoms with Crippen molar-refractivity contribution in [2.45, 2.75) is 38.1 Å². The molecule has 0 radical (unpaired) electrons. The Morgan fingerprint density at radius 2 is 1.94 bits per heavy atom. The van der Waals surface area contributed by atoms with Crippen LogP contribution in [-0.4, -0.2) is 33.0 Å². The van der Waals surface area contributed by atoms with Crippen LogP contribution in [0.25, 0.3) is 10.2 Å². The number of thioether (sulfide) groups is 1. The van der Waals surface area contributed by atoms with E-state index in [0.717, 1.165) is 43.8 Å². The summed E-state index contributed by atoms with van der Waals surface area (Å²) in [5, 5.41) is 5.25. The average Bonchev–Trinajstić information content (AvgIpc) is 3.34. The number of carbonyl (C=O) groups excluding carboxylic acids is 1. The van der Waals surface area contributed by atoms with Crippen molar-refractivity contribution >= 4 is 44.4 Å². The quantitative estimate of drug-likeness (QED) is 0.228. The summed E-state index contributed by atoms with van der Waals surface area (Å²) in [7, 11) is 0. The largest absolute Gasteiger partial charge is 0.286 e. The summed E-state index contributed by atoms with van der Waals surface area (Å²) in [6.45, 7) is 5.13. The van der Waals surface area contributed by atoms with Gasteiger partial charge in [-0.3, -0.25) is 14.4 Å². The summed E-state index contributed by atoms with van der Waals surface area (Å²) in [5.74, 6) is 0.617. The number of amides is 1. The van der Waals surface area contributed by atoms with Gasteiger partial charge in [-0.1, -0.05) is 23.5 Å². The minimum atomic E-state index is -0.237. The number of hydrogen-bond acceptors (Lipinski definition) is 5. The molecule has 0 spiro atoms. The first-order valence-electron chi connectivity index (χ1n) is 10.5. The first-order chi connectivity index (χ1) is 15.5. The summed E-state index contributed by atoms with van der Waals surface area (Å²) >= 11 is 3.17. The van der Waals surface area contributed by atoms with E-state index in [0.29, 0.717) is 19.5 Å². The number of para-hydroxylation sites is 1. The molecule has 0 bridgehead atoms. The normalized spacial score (nSPS) is 11.2. The van der Waals surface area contributed by atoms with Crippen LogP contribution in [0.4, 0.5) is 9.52 Å². The van der Waals surface area contributed by atoms with Crippen molar-refractivity contribution in [1.29, 1.82) is 0 Å². The summed E-state index contributed by atoms with van der Waals surface area (Å²) in [6, 6.07) is 16.4. The third kappa shape index (κ3) is 5.55. The molecule has 1 amide bonds. The van der Waals surface area contributed by atoms with E-state index in [-0.39, 0.29) is 11.7 Å². The second-order valence-electron chi connectivity index (χ2n) is 7.57.